The number of carbonyl (C=O) groups excluding carboxylic acids is 2. The molecule has 0 spiro atoms. The lowest BCUT2D eigenvalue weighted by molar-refractivity contribution is -0.120. The van der Waals surface area contributed by atoms with Gasteiger partial charge in [-0.25, -0.2) is 0 Å². The molecule has 8 heteroatoms. The van der Waals surface area contributed by atoms with E-state index in [4.69, 9.17) is 34.5 Å². The van der Waals surface area contributed by atoms with E-state index in [0.717, 1.165) is 45.9 Å². The largest absolute Gasteiger partial charge is 0.384 e. The molecule has 166 valence electrons. The monoisotopic (exact) mass is 488 g/mol. The maximum atomic E-state index is 12.9. The Morgan fingerprint density at radius 1 is 1.22 bits per heavy atom. The number of terminal acetylenes is 1. The number of Topliss-reactive ketones (excluding diaryl/α,β-unsaturated/α-hetero) is 1. The van der Waals surface area contributed by atoms with E-state index in [1.165, 1.54) is 16.9 Å². The predicted octanol–water partition coefficient (Wildman–Crippen LogP) is 5.30. The van der Waals surface area contributed by atoms with Crippen LogP contribution in [0.3, 0.4) is 0 Å². The number of fused-ring (bicyclic) bond motifs is 1. The number of amides is 1. The molecular weight excluding hydrogens is 467 g/mol. The van der Waals surface area contributed by atoms with Crippen molar-refractivity contribution in [1.82, 2.24) is 5.32 Å². The van der Waals surface area contributed by atoms with E-state index in [1.54, 1.807) is 6.07 Å². The first-order valence-electron chi connectivity index (χ1n) is 10.4. The molecule has 1 unspecified atom stereocenters. The number of hydrogen-bond acceptors (Lipinski definition) is 5. The molecule has 0 fully saturated rings. The Balaban J connectivity index is 1.54. The fourth-order valence-electron chi connectivity index (χ4n) is 4.18. The van der Waals surface area contributed by atoms with Gasteiger partial charge >= 0.3 is 0 Å². The molecule has 0 bridgehead atoms. The van der Waals surface area contributed by atoms with Gasteiger partial charge in [0.05, 0.1) is 16.3 Å². The van der Waals surface area contributed by atoms with Crippen LogP contribution in [0.15, 0.2) is 23.4 Å². The Bertz CT molecular complexity index is 1140. The highest BCUT2D eigenvalue weighted by molar-refractivity contribution is 7.16. The Hall–Kier alpha value is -2.33. The minimum atomic E-state index is -0.682. The fraction of sp³-hybridized carbons (Fsp3) is 0.375. The van der Waals surface area contributed by atoms with E-state index in [2.05, 4.69) is 16.4 Å². The number of thiophene rings is 1. The molecule has 1 amide bonds. The summed E-state index contributed by atoms with van der Waals surface area (Å²) < 4.78 is 0. The number of ketones is 1. The zero-order valence-corrected chi connectivity index (χ0v) is 19.9. The maximum absolute atomic E-state index is 12.9. The lowest BCUT2D eigenvalue weighted by Crippen LogP contribution is -2.23. The van der Waals surface area contributed by atoms with Gasteiger partial charge in [-0.05, 0) is 55.5 Å². The molecule has 1 N–H and O–H groups in total. The highest BCUT2D eigenvalue weighted by atomic mass is 35.5. The Labute approximate surface area is 201 Å². The van der Waals surface area contributed by atoms with Gasteiger partial charge in [0, 0.05) is 34.9 Å². The van der Waals surface area contributed by atoms with E-state index in [-0.39, 0.29) is 31.1 Å². The van der Waals surface area contributed by atoms with Gasteiger partial charge in [-0.1, -0.05) is 34.3 Å². The van der Waals surface area contributed by atoms with Crippen LogP contribution in [0.1, 0.15) is 63.8 Å². The number of halogens is 2. The maximum Gasteiger partial charge on any atom is 0.221 e. The number of carbonyl (C=O) groups is 2. The number of rotatable bonds is 7. The zero-order chi connectivity index (χ0) is 22.9. The number of benzene rings is 1. The third-order valence-electron chi connectivity index (χ3n) is 5.79. The second-order valence-electron chi connectivity index (χ2n) is 8.17. The predicted molar refractivity (Wildman–Crippen MR) is 128 cm³/mol. The summed E-state index contributed by atoms with van der Waals surface area (Å²) in [7, 11) is 0. The van der Waals surface area contributed by atoms with Gasteiger partial charge in [0.1, 0.15) is 5.71 Å². The van der Waals surface area contributed by atoms with E-state index in [9.17, 15) is 9.59 Å². The summed E-state index contributed by atoms with van der Waals surface area (Å²) in [5.74, 6) is 2.13. The molecule has 2 heterocycles. The minimum absolute atomic E-state index is 0.0147. The summed E-state index contributed by atoms with van der Waals surface area (Å²) in [5.41, 5.74) is 3.29. The molecule has 4 rings (SSSR count). The molecule has 2 aliphatic rings. The number of oxime groups is 1. The van der Waals surface area contributed by atoms with Crippen LogP contribution in [0.4, 0.5) is 0 Å². The summed E-state index contributed by atoms with van der Waals surface area (Å²) in [6.07, 6.45) is 8.77. The van der Waals surface area contributed by atoms with Crippen LogP contribution in [0, 0.1) is 12.3 Å². The van der Waals surface area contributed by atoms with Gasteiger partial charge < -0.3 is 10.2 Å². The standard InChI is InChI=1S/C24H22Cl2N2O3S/c1-3-9-27-21(30)8-7-20(29)23-18-6-4-5-17(18)22(32-23)19-13-24(2,31-28-19)14-10-15(25)12-16(26)11-14/h1,10-12H,4-9,13H2,2H3,(H,27,30). The van der Waals surface area contributed by atoms with Crippen molar-refractivity contribution in [2.75, 3.05) is 6.54 Å². The summed E-state index contributed by atoms with van der Waals surface area (Å²) >= 11 is 13.8. The zero-order valence-electron chi connectivity index (χ0n) is 17.6. The second-order valence-corrected chi connectivity index (χ2v) is 10.1. The molecule has 1 aliphatic heterocycles. The van der Waals surface area contributed by atoms with Crippen molar-refractivity contribution in [3.05, 3.63) is 54.7 Å². The normalized spacial score (nSPS) is 19.1. The topological polar surface area (TPSA) is 67.8 Å². The first-order valence-corrected chi connectivity index (χ1v) is 12.0. The van der Waals surface area contributed by atoms with Crippen LogP contribution in [0.5, 0.6) is 0 Å². The summed E-state index contributed by atoms with van der Waals surface area (Å²) in [5, 5.41) is 8.08. The molecule has 0 radical (unpaired) electrons. The quantitative estimate of drug-likeness (QED) is 0.424. The van der Waals surface area contributed by atoms with Crippen molar-refractivity contribution >= 4 is 51.9 Å². The van der Waals surface area contributed by atoms with Gasteiger partial charge in [-0.15, -0.1) is 17.8 Å². The molecule has 5 nitrogen and oxygen atoms in total. The molecule has 1 aromatic carbocycles. The molecule has 0 saturated carbocycles. The van der Waals surface area contributed by atoms with Gasteiger partial charge in [-0.3, -0.25) is 9.59 Å². The van der Waals surface area contributed by atoms with Gasteiger partial charge in [0.25, 0.3) is 0 Å². The highest BCUT2D eigenvalue weighted by Crippen LogP contribution is 2.43. The van der Waals surface area contributed by atoms with Crippen molar-refractivity contribution in [2.45, 2.75) is 51.0 Å². The third-order valence-corrected chi connectivity index (χ3v) is 7.59. The molecule has 1 atom stereocenters. The lowest BCUT2D eigenvalue weighted by atomic mass is 9.90. The van der Waals surface area contributed by atoms with E-state index >= 15 is 0 Å². The first-order chi connectivity index (χ1) is 15.3. The minimum Gasteiger partial charge on any atom is -0.384 e. The third kappa shape index (κ3) is 4.56. The molecule has 1 aliphatic carbocycles. The smallest absolute Gasteiger partial charge is 0.221 e. The molecular formula is C24H22Cl2N2O3S. The van der Waals surface area contributed by atoms with Gasteiger partial charge in [-0.2, -0.15) is 0 Å². The highest BCUT2D eigenvalue weighted by Gasteiger charge is 2.39. The van der Waals surface area contributed by atoms with Crippen LogP contribution >= 0.6 is 34.5 Å². The Morgan fingerprint density at radius 2 is 1.94 bits per heavy atom. The van der Waals surface area contributed by atoms with Gasteiger partial charge in [0.15, 0.2) is 11.4 Å². The molecule has 2 aromatic rings. The van der Waals surface area contributed by atoms with Gasteiger partial charge in [0.2, 0.25) is 5.91 Å². The van der Waals surface area contributed by atoms with Crippen molar-refractivity contribution in [3.63, 3.8) is 0 Å². The van der Waals surface area contributed by atoms with Crippen LogP contribution in [0.2, 0.25) is 10.0 Å². The van der Waals surface area contributed by atoms with Crippen LogP contribution in [-0.4, -0.2) is 23.9 Å². The average molecular weight is 489 g/mol. The van der Waals surface area contributed by atoms with E-state index in [1.807, 2.05) is 19.1 Å². The number of nitrogens with zero attached hydrogens (tertiary/aromatic N) is 1. The SMILES string of the molecule is C#CCNC(=O)CCC(=O)c1sc(C2=NOC(C)(c3cc(Cl)cc(Cl)c3)C2)c2c1CCC2. The number of nitrogens with one attached hydrogen (secondary N) is 1. The summed E-state index contributed by atoms with van der Waals surface area (Å²) in [6.45, 7) is 2.13. The molecule has 0 saturated heterocycles. The average Bonchev–Trinajstić information content (AvgIpc) is 3.45. The Morgan fingerprint density at radius 3 is 2.66 bits per heavy atom. The number of hydrogen-bond donors (Lipinski definition) is 1. The molecule has 32 heavy (non-hydrogen) atoms. The van der Waals surface area contributed by atoms with Crippen LogP contribution < -0.4 is 5.32 Å². The van der Waals surface area contributed by atoms with Crippen molar-refractivity contribution < 1.29 is 14.4 Å². The second kappa shape index (κ2) is 9.27. The molecule has 1 aromatic heterocycles. The van der Waals surface area contributed by atoms with Crippen molar-refractivity contribution in [2.24, 2.45) is 5.16 Å². The first kappa shape index (κ1) is 22.8. The summed E-state index contributed by atoms with van der Waals surface area (Å²) in [6, 6.07) is 5.36. The van der Waals surface area contributed by atoms with E-state index < -0.39 is 5.60 Å². The van der Waals surface area contributed by atoms with E-state index in [0.29, 0.717) is 16.5 Å². The van der Waals surface area contributed by atoms with Crippen LogP contribution in [0.25, 0.3) is 0 Å². The fourth-order valence-corrected chi connectivity index (χ4v) is 6.05. The lowest BCUT2D eigenvalue weighted by Gasteiger charge is -2.22. The van der Waals surface area contributed by atoms with Crippen molar-refractivity contribution in [1.29, 1.82) is 0 Å². The Kier molecular flexibility index (Phi) is 6.62. The summed E-state index contributed by atoms with van der Waals surface area (Å²) in [4.78, 5) is 32.4. The van der Waals surface area contributed by atoms with Crippen molar-refractivity contribution in [3.8, 4) is 12.3 Å². The van der Waals surface area contributed by atoms with Crippen LogP contribution in [-0.2, 0) is 28.1 Å².